The Balaban J connectivity index is 0.00000210. The van der Waals surface area contributed by atoms with Gasteiger partial charge < -0.3 is 10.1 Å². The molecule has 1 N–H and O–H groups in total. The highest BCUT2D eigenvalue weighted by Crippen LogP contribution is 2.24. The number of allylic oxidation sites excluding steroid dienone is 6. The lowest BCUT2D eigenvalue weighted by molar-refractivity contribution is 0.140. The molecular formula is C30H40ClN3O. The smallest absolute Gasteiger partial charge is 0.296 e. The Hall–Kier alpha value is -2.85. The molecule has 0 unspecified atom stereocenters. The van der Waals surface area contributed by atoms with Gasteiger partial charge in [-0.3, -0.25) is 4.99 Å². The number of alkyl halides is 1. The maximum absolute atomic E-state index is 6.23. The maximum Gasteiger partial charge on any atom is 0.296 e. The quantitative estimate of drug-likeness (QED) is 0.237. The first-order valence-electron chi connectivity index (χ1n) is 12.6. The van der Waals surface area contributed by atoms with Crippen molar-refractivity contribution >= 4 is 29.5 Å². The van der Waals surface area contributed by atoms with Crippen molar-refractivity contribution in [1.29, 1.82) is 0 Å². The first kappa shape index (κ1) is 28.4. The Morgan fingerprint density at radius 1 is 1.06 bits per heavy atom. The minimum Gasteiger partial charge on any atom is -0.461 e. The van der Waals surface area contributed by atoms with E-state index in [-0.39, 0.29) is 6.10 Å². The number of nitrogens with zero attached hydrogens (tertiary/aromatic N) is 2. The lowest BCUT2D eigenvalue weighted by atomic mass is 9.91. The van der Waals surface area contributed by atoms with Crippen LogP contribution in [0.5, 0.6) is 0 Å². The fourth-order valence-corrected chi connectivity index (χ4v) is 4.11. The average molecular weight is 494 g/mol. The van der Waals surface area contributed by atoms with Gasteiger partial charge in [0.1, 0.15) is 6.10 Å². The van der Waals surface area contributed by atoms with Crippen molar-refractivity contribution < 1.29 is 4.74 Å². The van der Waals surface area contributed by atoms with Gasteiger partial charge in [-0.1, -0.05) is 80.5 Å². The number of hydrogen-bond acceptors (Lipinski definition) is 3. The van der Waals surface area contributed by atoms with Crippen LogP contribution in [0, 0.1) is 5.92 Å². The van der Waals surface area contributed by atoms with Crippen molar-refractivity contribution in [1.82, 2.24) is 5.32 Å². The molecule has 35 heavy (non-hydrogen) atoms. The number of amidine groups is 2. The van der Waals surface area contributed by atoms with Crippen molar-refractivity contribution in [2.24, 2.45) is 15.9 Å². The zero-order valence-corrected chi connectivity index (χ0v) is 22.0. The molecule has 0 aromatic heterocycles. The number of halogens is 1. The van der Waals surface area contributed by atoms with Gasteiger partial charge in [0, 0.05) is 5.88 Å². The third-order valence-corrected chi connectivity index (χ3v) is 6.06. The van der Waals surface area contributed by atoms with Crippen LogP contribution in [0.15, 0.2) is 89.6 Å². The van der Waals surface area contributed by atoms with E-state index in [2.05, 4.69) is 60.7 Å². The predicted molar refractivity (Wildman–Crippen MR) is 153 cm³/mol. The normalized spacial score (nSPS) is 23.2. The zero-order chi connectivity index (χ0) is 25.3. The summed E-state index contributed by atoms with van der Waals surface area (Å²) in [7, 11) is 0. The Morgan fingerprint density at radius 2 is 1.80 bits per heavy atom. The lowest BCUT2D eigenvalue weighted by Crippen LogP contribution is -2.27. The van der Waals surface area contributed by atoms with Crippen molar-refractivity contribution in [3.8, 4) is 0 Å². The fourth-order valence-electron chi connectivity index (χ4n) is 3.96. The van der Waals surface area contributed by atoms with Gasteiger partial charge >= 0.3 is 0 Å². The largest absolute Gasteiger partial charge is 0.461 e. The highest BCUT2D eigenvalue weighted by Gasteiger charge is 2.23. The van der Waals surface area contributed by atoms with E-state index in [1.165, 1.54) is 25.7 Å². The van der Waals surface area contributed by atoms with Crippen LogP contribution in [0.25, 0.3) is 6.08 Å². The number of aliphatic imine (C=N–C) groups is 2. The van der Waals surface area contributed by atoms with E-state index in [0.29, 0.717) is 24.3 Å². The highest BCUT2D eigenvalue weighted by molar-refractivity contribution is 6.20. The SMILES string of the molecule is C=C.C\C=C/C=C\C=C\c1ccc(CN=C2N=C(O[C@H]3CCCC[C@H](C)CC3)N/C2=C/CCl)cc1. The summed E-state index contributed by atoms with van der Waals surface area (Å²) >= 11 is 5.97. The van der Waals surface area contributed by atoms with E-state index in [9.17, 15) is 0 Å². The minimum absolute atomic E-state index is 0.212. The summed E-state index contributed by atoms with van der Waals surface area (Å²) in [6.07, 6.45) is 21.5. The van der Waals surface area contributed by atoms with Crippen molar-refractivity contribution in [3.05, 3.63) is 90.7 Å². The number of ether oxygens (including phenoxy) is 1. The van der Waals surface area contributed by atoms with E-state index in [1.54, 1.807) is 0 Å². The molecule has 1 aliphatic heterocycles. The summed E-state index contributed by atoms with van der Waals surface area (Å²) in [6.45, 7) is 10.9. The summed E-state index contributed by atoms with van der Waals surface area (Å²) in [5, 5.41) is 3.27. The molecule has 1 aliphatic carbocycles. The summed E-state index contributed by atoms with van der Waals surface area (Å²) in [5.74, 6) is 1.83. The van der Waals surface area contributed by atoms with Crippen LogP contribution in [0.2, 0.25) is 0 Å². The first-order chi connectivity index (χ1) is 17.2. The minimum atomic E-state index is 0.212. The van der Waals surface area contributed by atoms with E-state index in [1.807, 2.05) is 43.4 Å². The second-order valence-electron chi connectivity index (χ2n) is 8.67. The predicted octanol–water partition coefficient (Wildman–Crippen LogP) is 7.99. The molecule has 0 radical (unpaired) electrons. The molecule has 0 saturated heterocycles. The van der Waals surface area contributed by atoms with Crippen molar-refractivity contribution in [3.63, 3.8) is 0 Å². The Bertz CT molecular complexity index is 941. The van der Waals surface area contributed by atoms with Crippen LogP contribution < -0.4 is 5.32 Å². The average Bonchev–Trinajstić information content (AvgIpc) is 3.25. The van der Waals surface area contributed by atoms with Gasteiger partial charge in [0.05, 0.1) is 12.2 Å². The molecule has 5 heteroatoms. The number of benzene rings is 1. The Kier molecular flexibility index (Phi) is 13.6. The molecular weight excluding hydrogens is 454 g/mol. The topological polar surface area (TPSA) is 46.0 Å². The highest BCUT2D eigenvalue weighted by atomic mass is 35.5. The zero-order valence-electron chi connectivity index (χ0n) is 21.3. The molecule has 1 heterocycles. The van der Waals surface area contributed by atoms with Gasteiger partial charge in [0.15, 0.2) is 5.84 Å². The van der Waals surface area contributed by atoms with Gasteiger partial charge in [0.2, 0.25) is 0 Å². The fraction of sp³-hybridized carbons (Fsp3) is 0.400. The number of nitrogens with one attached hydrogen (secondary N) is 1. The maximum atomic E-state index is 6.23. The molecule has 1 aromatic rings. The van der Waals surface area contributed by atoms with E-state index in [4.69, 9.17) is 21.3 Å². The Morgan fingerprint density at radius 3 is 2.54 bits per heavy atom. The molecule has 2 aliphatic rings. The summed E-state index contributed by atoms with van der Waals surface area (Å²) in [5.41, 5.74) is 3.11. The van der Waals surface area contributed by atoms with Crippen LogP contribution in [-0.2, 0) is 11.3 Å². The molecule has 188 valence electrons. The second kappa shape index (κ2) is 16.7. The van der Waals surface area contributed by atoms with Crippen LogP contribution >= 0.6 is 11.6 Å². The van der Waals surface area contributed by atoms with E-state index >= 15 is 0 Å². The monoisotopic (exact) mass is 493 g/mol. The van der Waals surface area contributed by atoms with Gasteiger partial charge in [-0.15, -0.1) is 24.8 Å². The van der Waals surface area contributed by atoms with Crippen molar-refractivity contribution in [2.75, 3.05) is 5.88 Å². The standard InChI is InChI=1S/C28H36ClN3O.C2H4/c1-3-4-5-6-7-11-23-14-16-24(17-15-23)21-30-27-26(19-20-29)31-28(32-27)33-25-12-9-8-10-22(2)13-18-25;1-2/h3-7,11,14-17,19,22,25H,8-10,12-13,18,20-21H2,1-2H3,(H,30,31,32);1-2H2/b4-3-,6-5-,11-7+,26-19+;/t22-,25-;/m0./s1. The van der Waals surface area contributed by atoms with E-state index in [0.717, 1.165) is 35.6 Å². The number of rotatable bonds is 7. The molecule has 0 bridgehead atoms. The molecule has 4 nitrogen and oxygen atoms in total. The molecule has 3 rings (SSSR count). The summed E-state index contributed by atoms with van der Waals surface area (Å²) < 4.78 is 6.23. The lowest BCUT2D eigenvalue weighted by Gasteiger charge is -2.23. The van der Waals surface area contributed by atoms with E-state index < -0.39 is 0 Å². The molecule has 2 atom stereocenters. The Labute approximate surface area is 216 Å². The molecule has 1 fully saturated rings. The third kappa shape index (κ3) is 10.5. The second-order valence-corrected chi connectivity index (χ2v) is 8.98. The van der Waals surface area contributed by atoms with Crippen LogP contribution in [0.3, 0.4) is 0 Å². The summed E-state index contributed by atoms with van der Waals surface area (Å²) in [4.78, 5) is 9.37. The van der Waals surface area contributed by atoms with Crippen LogP contribution in [0.1, 0.15) is 63.5 Å². The summed E-state index contributed by atoms with van der Waals surface area (Å²) in [6, 6.07) is 8.96. The van der Waals surface area contributed by atoms with Crippen molar-refractivity contribution in [2.45, 2.75) is 65.0 Å². The van der Waals surface area contributed by atoms with Gasteiger partial charge in [-0.25, -0.2) is 0 Å². The van der Waals surface area contributed by atoms with Crippen LogP contribution in [-0.4, -0.2) is 23.8 Å². The van der Waals surface area contributed by atoms with Gasteiger partial charge in [-0.2, -0.15) is 4.99 Å². The van der Waals surface area contributed by atoms with Gasteiger partial charge in [0.25, 0.3) is 6.02 Å². The molecule has 0 spiro atoms. The number of hydrogen-bond donors (Lipinski definition) is 1. The molecule has 0 amide bonds. The van der Waals surface area contributed by atoms with Crippen LogP contribution in [0.4, 0.5) is 0 Å². The third-order valence-electron chi connectivity index (χ3n) is 5.91. The molecule has 1 aromatic carbocycles. The molecule has 1 saturated carbocycles. The first-order valence-corrected chi connectivity index (χ1v) is 13.1. The van der Waals surface area contributed by atoms with Gasteiger partial charge in [-0.05, 0) is 55.7 Å².